The van der Waals surface area contributed by atoms with Crippen molar-refractivity contribution in [3.63, 3.8) is 0 Å². The summed E-state index contributed by atoms with van der Waals surface area (Å²) in [5.74, 6) is 3.38. The van der Waals surface area contributed by atoms with Crippen LogP contribution in [-0.4, -0.2) is 0 Å². The van der Waals surface area contributed by atoms with E-state index >= 15 is 0 Å². The van der Waals surface area contributed by atoms with Crippen LogP contribution in [0.3, 0.4) is 0 Å². The quantitative estimate of drug-likeness (QED) is 0.281. The molecule has 2 fully saturated rings. The molecule has 3 aromatic carbocycles. The standard InChI is InChI=1S/C40H44/c1-24(2)18-36-26(4)19-34-21-33(23-38(34)40(36)31-8-6-25(3)7-9-31)32-16-17-35-27(5)20-37(39(35)22-32)30-14-12-29(13-15-30)28-10-11-28/h6-9,16-17,19-22,27-30H,1,10-15,18,23H2,2-5H3. The lowest BCUT2D eigenvalue weighted by atomic mass is 9.75. The first-order valence-corrected chi connectivity index (χ1v) is 15.8. The first-order valence-electron chi connectivity index (χ1n) is 15.8. The molecule has 0 N–H and O–H groups in total. The molecule has 0 radical (unpaired) electrons. The van der Waals surface area contributed by atoms with Crippen molar-refractivity contribution in [3.8, 4) is 11.1 Å². The lowest BCUT2D eigenvalue weighted by Gasteiger charge is -2.30. The Kier molecular flexibility index (Phi) is 6.49. The van der Waals surface area contributed by atoms with Crippen LogP contribution in [0.1, 0.15) is 103 Å². The fraction of sp³-hybridized carbons (Fsp3) is 0.400. The Morgan fingerprint density at radius 1 is 0.850 bits per heavy atom. The summed E-state index contributed by atoms with van der Waals surface area (Å²) < 4.78 is 0. The van der Waals surface area contributed by atoms with Gasteiger partial charge >= 0.3 is 0 Å². The van der Waals surface area contributed by atoms with Gasteiger partial charge in [0.25, 0.3) is 0 Å². The van der Waals surface area contributed by atoms with Crippen LogP contribution in [0.2, 0.25) is 0 Å². The topological polar surface area (TPSA) is 0 Å². The largest absolute Gasteiger partial charge is 0.0998 e. The Labute approximate surface area is 241 Å². The fourth-order valence-electron chi connectivity index (χ4n) is 8.14. The smallest absolute Gasteiger partial charge is 0.000174 e. The number of hydrogen-bond acceptors (Lipinski definition) is 0. The van der Waals surface area contributed by atoms with Crippen molar-refractivity contribution in [1.29, 1.82) is 0 Å². The van der Waals surface area contributed by atoms with Gasteiger partial charge in [-0.1, -0.05) is 79.3 Å². The summed E-state index contributed by atoms with van der Waals surface area (Å²) in [5.41, 5.74) is 18.7. The highest BCUT2D eigenvalue weighted by molar-refractivity contribution is 5.94. The number of allylic oxidation sites excluding steroid dienone is 4. The summed E-state index contributed by atoms with van der Waals surface area (Å²) in [7, 11) is 0. The molecule has 0 spiro atoms. The molecule has 0 saturated heterocycles. The Bertz CT molecular complexity index is 1540. The van der Waals surface area contributed by atoms with Crippen molar-refractivity contribution in [2.75, 3.05) is 0 Å². The van der Waals surface area contributed by atoms with Crippen LogP contribution in [0.15, 0.2) is 66.8 Å². The molecular weight excluding hydrogens is 480 g/mol. The van der Waals surface area contributed by atoms with Crippen molar-refractivity contribution in [2.24, 2.45) is 17.8 Å². The zero-order chi connectivity index (χ0) is 27.5. The summed E-state index contributed by atoms with van der Waals surface area (Å²) in [5, 5.41) is 0. The lowest BCUT2D eigenvalue weighted by molar-refractivity contribution is 0.287. The van der Waals surface area contributed by atoms with Gasteiger partial charge in [-0.05, 0) is 157 Å². The molecule has 0 aliphatic heterocycles. The number of rotatable bonds is 6. The molecule has 4 aliphatic carbocycles. The molecule has 0 heteroatoms. The van der Waals surface area contributed by atoms with Gasteiger partial charge < -0.3 is 0 Å². The summed E-state index contributed by atoms with van der Waals surface area (Å²) in [6, 6.07) is 19.0. The van der Waals surface area contributed by atoms with E-state index in [0.29, 0.717) is 5.92 Å². The van der Waals surface area contributed by atoms with Crippen LogP contribution in [0.4, 0.5) is 0 Å². The van der Waals surface area contributed by atoms with Gasteiger partial charge in [-0.15, -0.1) is 0 Å². The van der Waals surface area contributed by atoms with Crippen LogP contribution < -0.4 is 0 Å². The molecule has 0 nitrogen and oxygen atoms in total. The van der Waals surface area contributed by atoms with Gasteiger partial charge in [-0.25, -0.2) is 0 Å². The average Bonchev–Trinajstić information content (AvgIpc) is 3.63. The van der Waals surface area contributed by atoms with E-state index in [0.717, 1.165) is 30.6 Å². The van der Waals surface area contributed by atoms with Crippen LogP contribution >= 0.6 is 0 Å². The SMILES string of the molecule is C=C(C)Cc1c(C)cc2c(c1-c1ccc(C)cc1)CC(c1ccc3c(c1)C(C1CCC(C4CC4)CC1)=CC3C)=C2. The highest BCUT2D eigenvalue weighted by Crippen LogP contribution is 2.51. The summed E-state index contributed by atoms with van der Waals surface area (Å²) >= 11 is 0. The van der Waals surface area contributed by atoms with E-state index in [4.69, 9.17) is 0 Å². The third-order valence-electron chi connectivity index (χ3n) is 10.5. The molecule has 7 rings (SSSR count). The number of aryl methyl sites for hydroxylation is 2. The normalized spacial score (nSPS) is 23.4. The third kappa shape index (κ3) is 4.64. The van der Waals surface area contributed by atoms with Gasteiger partial charge in [-0.2, -0.15) is 0 Å². The molecule has 0 heterocycles. The van der Waals surface area contributed by atoms with Gasteiger partial charge in [0.05, 0.1) is 0 Å². The van der Waals surface area contributed by atoms with Crippen LogP contribution in [-0.2, 0) is 12.8 Å². The molecule has 0 aromatic heterocycles. The lowest BCUT2D eigenvalue weighted by Crippen LogP contribution is -2.16. The van der Waals surface area contributed by atoms with Gasteiger partial charge in [0.15, 0.2) is 0 Å². The molecule has 1 unspecified atom stereocenters. The van der Waals surface area contributed by atoms with E-state index in [2.05, 4.69) is 95.0 Å². The van der Waals surface area contributed by atoms with Gasteiger partial charge in [-0.3, -0.25) is 0 Å². The molecule has 4 aliphatic rings. The first kappa shape index (κ1) is 25.8. The van der Waals surface area contributed by atoms with Gasteiger partial charge in [0, 0.05) is 5.92 Å². The van der Waals surface area contributed by atoms with E-state index in [1.165, 1.54) is 94.2 Å². The molecule has 0 bridgehead atoms. The second-order valence-corrected chi connectivity index (χ2v) is 13.6. The number of benzene rings is 3. The van der Waals surface area contributed by atoms with Crippen LogP contribution in [0.5, 0.6) is 0 Å². The monoisotopic (exact) mass is 524 g/mol. The van der Waals surface area contributed by atoms with E-state index in [9.17, 15) is 0 Å². The minimum absolute atomic E-state index is 0.537. The van der Waals surface area contributed by atoms with Crippen molar-refractivity contribution in [1.82, 2.24) is 0 Å². The van der Waals surface area contributed by atoms with Gasteiger partial charge in [0.2, 0.25) is 0 Å². The minimum atomic E-state index is 0.537. The Balaban J connectivity index is 1.22. The van der Waals surface area contributed by atoms with E-state index in [-0.39, 0.29) is 0 Å². The summed E-state index contributed by atoms with van der Waals surface area (Å²) in [6.45, 7) is 13.3. The number of fused-ring (bicyclic) bond motifs is 2. The van der Waals surface area contributed by atoms with Crippen LogP contribution in [0, 0.1) is 31.6 Å². The Morgan fingerprint density at radius 3 is 2.20 bits per heavy atom. The van der Waals surface area contributed by atoms with Crippen molar-refractivity contribution in [2.45, 2.75) is 85.0 Å². The maximum Gasteiger partial charge on any atom is 0.000174 e. The zero-order valence-electron chi connectivity index (χ0n) is 24.9. The predicted molar refractivity (Wildman–Crippen MR) is 172 cm³/mol. The fourth-order valence-corrected chi connectivity index (χ4v) is 8.14. The zero-order valence-corrected chi connectivity index (χ0v) is 24.9. The molecular formula is C40H44. The summed E-state index contributed by atoms with van der Waals surface area (Å²) in [6.07, 6.45) is 15.7. The maximum atomic E-state index is 4.28. The second-order valence-electron chi connectivity index (χ2n) is 13.6. The van der Waals surface area contributed by atoms with E-state index < -0.39 is 0 Å². The molecule has 1 atom stereocenters. The molecule has 2 saturated carbocycles. The van der Waals surface area contributed by atoms with Crippen molar-refractivity contribution in [3.05, 3.63) is 111 Å². The highest BCUT2D eigenvalue weighted by Gasteiger charge is 2.36. The number of hydrogen-bond donors (Lipinski definition) is 0. The Hall–Kier alpha value is -3.12. The molecule has 3 aromatic rings. The average molecular weight is 525 g/mol. The summed E-state index contributed by atoms with van der Waals surface area (Å²) in [4.78, 5) is 0. The maximum absolute atomic E-state index is 4.28. The van der Waals surface area contributed by atoms with Gasteiger partial charge in [0.1, 0.15) is 0 Å². The minimum Gasteiger partial charge on any atom is -0.0998 e. The molecule has 0 amide bonds. The predicted octanol–water partition coefficient (Wildman–Crippen LogP) is 10.9. The van der Waals surface area contributed by atoms with Crippen LogP contribution in [0.25, 0.3) is 28.3 Å². The first-order chi connectivity index (χ1) is 19.4. The van der Waals surface area contributed by atoms with Crippen molar-refractivity contribution >= 4 is 17.2 Å². The Morgan fingerprint density at radius 2 is 1.52 bits per heavy atom. The van der Waals surface area contributed by atoms with E-state index in [1.807, 2.05) is 0 Å². The molecule has 40 heavy (non-hydrogen) atoms. The van der Waals surface area contributed by atoms with E-state index in [1.54, 1.807) is 16.7 Å². The second kappa shape index (κ2) is 10.1. The van der Waals surface area contributed by atoms with Crippen molar-refractivity contribution < 1.29 is 0 Å². The third-order valence-corrected chi connectivity index (χ3v) is 10.5. The molecule has 204 valence electrons. The highest BCUT2D eigenvalue weighted by atomic mass is 14.4.